The highest BCUT2D eigenvalue weighted by Crippen LogP contribution is 2.12. The molecule has 0 saturated carbocycles. The minimum atomic E-state index is -3.77. The third-order valence-electron chi connectivity index (χ3n) is 2.68. The van der Waals surface area contributed by atoms with Gasteiger partial charge in [-0.15, -0.1) is 15.0 Å². The van der Waals surface area contributed by atoms with Gasteiger partial charge in [0, 0.05) is 0 Å². The molecule has 11 heteroatoms. The van der Waals surface area contributed by atoms with E-state index in [1.165, 1.54) is 24.3 Å². The molecule has 0 aliphatic carbocycles. The van der Waals surface area contributed by atoms with Crippen LogP contribution >= 0.6 is 0 Å². The number of nitrogens with zero attached hydrogens (tertiary/aromatic N) is 4. The van der Waals surface area contributed by atoms with Gasteiger partial charge in [-0.25, -0.2) is 13.6 Å². The van der Waals surface area contributed by atoms with Gasteiger partial charge in [-0.3, -0.25) is 9.78 Å². The Morgan fingerprint density at radius 2 is 1.81 bits per heavy atom. The van der Waals surface area contributed by atoms with Crippen LogP contribution in [0.4, 0.5) is 5.95 Å². The average Bonchev–Trinajstić information content (AvgIpc) is 2.82. The Morgan fingerprint density at radius 3 is 2.43 bits per heavy atom. The summed E-state index contributed by atoms with van der Waals surface area (Å²) in [6, 6.07) is 5.53. The van der Waals surface area contributed by atoms with E-state index in [4.69, 9.17) is 10.9 Å². The van der Waals surface area contributed by atoms with Crippen LogP contribution in [-0.2, 0) is 10.0 Å². The molecule has 2 heterocycles. The first kappa shape index (κ1) is 13.2. The Hall–Kier alpha value is -2.79. The van der Waals surface area contributed by atoms with E-state index in [1.54, 1.807) is 0 Å². The van der Waals surface area contributed by atoms with Gasteiger partial charge in [0.05, 0.1) is 10.6 Å². The molecule has 3 aromatic rings. The number of H-pyrrole nitrogens is 1. The quantitative estimate of drug-likeness (QED) is 0.531. The number of aromatic nitrogens is 5. The molecule has 10 nitrogen and oxygen atoms in total. The van der Waals surface area contributed by atoms with Gasteiger partial charge in [-0.2, -0.15) is 4.98 Å². The van der Waals surface area contributed by atoms with Crippen LogP contribution in [0.2, 0.25) is 0 Å². The number of anilines is 1. The summed E-state index contributed by atoms with van der Waals surface area (Å²) >= 11 is 0. The Morgan fingerprint density at radius 1 is 1.14 bits per heavy atom. The fraction of sp³-hybridized carbons (Fsp3) is 0. The summed E-state index contributed by atoms with van der Waals surface area (Å²) in [4.78, 5) is 18.9. The Labute approximate surface area is 117 Å². The second kappa shape index (κ2) is 4.36. The normalized spacial score (nSPS) is 11.9. The number of nitrogen functional groups attached to an aromatic ring is 1. The van der Waals surface area contributed by atoms with Crippen LogP contribution in [0.1, 0.15) is 0 Å². The molecule has 0 bridgehead atoms. The minimum Gasteiger partial charge on any atom is -0.369 e. The van der Waals surface area contributed by atoms with E-state index in [2.05, 4.69) is 20.2 Å². The molecule has 0 atom stereocenters. The molecule has 0 spiro atoms. The van der Waals surface area contributed by atoms with Crippen molar-refractivity contribution < 1.29 is 8.42 Å². The summed E-state index contributed by atoms with van der Waals surface area (Å²) in [7, 11) is -3.77. The van der Waals surface area contributed by atoms with E-state index in [9.17, 15) is 13.2 Å². The number of hydrogen-bond donors (Lipinski definition) is 3. The van der Waals surface area contributed by atoms with Crippen molar-refractivity contribution in [1.29, 1.82) is 0 Å². The lowest BCUT2D eigenvalue weighted by Gasteiger charge is -2.00. The predicted octanol–water partition coefficient (Wildman–Crippen LogP) is -1.27. The monoisotopic (exact) mass is 307 g/mol. The van der Waals surface area contributed by atoms with Crippen molar-refractivity contribution in [3.05, 3.63) is 34.6 Å². The first-order valence-corrected chi connectivity index (χ1v) is 7.15. The highest BCUT2D eigenvalue weighted by molar-refractivity contribution is 7.89. The SMILES string of the molecule is Nc1nc2nn(-c3ccc(S(N)(=O)=O)cc3)nc2c(=O)[nH]1. The predicted molar refractivity (Wildman–Crippen MR) is 73.1 cm³/mol. The summed E-state index contributed by atoms with van der Waals surface area (Å²) in [5.74, 6) is -0.0656. The van der Waals surface area contributed by atoms with Gasteiger partial charge >= 0.3 is 0 Å². The number of aromatic amines is 1. The molecule has 3 rings (SSSR count). The highest BCUT2D eigenvalue weighted by Gasteiger charge is 2.12. The van der Waals surface area contributed by atoms with E-state index < -0.39 is 15.6 Å². The summed E-state index contributed by atoms with van der Waals surface area (Å²) in [6.07, 6.45) is 0. The average molecular weight is 307 g/mol. The smallest absolute Gasteiger partial charge is 0.282 e. The van der Waals surface area contributed by atoms with Gasteiger partial charge in [0.2, 0.25) is 21.6 Å². The van der Waals surface area contributed by atoms with Crippen molar-refractivity contribution in [3.8, 4) is 5.69 Å². The lowest BCUT2D eigenvalue weighted by atomic mass is 10.3. The number of hydrogen-bond acceptors (Lipinski definition) is 7. The molecular weight excluding hydrogens is 298 g/mol. The van der Waals surface area contributed by atoms with Crippen LogP contribution in [0.5, 0.6) is 0 Å². The summed E-state index contributed by atoms with van der Waals surface area (Å²) in [5, 5.41) is 13.0. The zero-order chi connectivity index (χ0) is 15.2. The van der Waals surface area contributed by atoms with Crippen LogP contribution in [0, 0.1) is 0 Å². The standard InChI is InChI=1S/C10H9N7O3S/c11-10-13-8-7(9(18)14-10)15-17(16-8)5-1-3-6(4-2-5)21(12,19)20/h1-4H,(H2,12,19,20)(H3,11,13,14,16,18). The summed E-state index contributed by atoms with van der Waals surface area (Å²) in [6.45, 7) is 0. The van der Waals surface area contributed by atoms with Gasteiger partial charge < -0.3 is 5.73 Å². The Bertz CT molecular complexity index is 988. The van der Waals surface area contributed by atoms with Crippen molar-refractivity contribution >= 4 is 27.1 Å². The molecule has 5 N–H and O–H groups in total. The maximum Gasteiger partial charge on any atom is 0.282 e. The Kier molecular flexibility index (Phi) is 2.74. The minimum absolute atomic E-state index is 0.0275. The molecule has 0 fully saturated rings. The van der Waals surface area contributed by atoms with E-state index >= 15 is 0 Å². The van der Waals surface area contributed by atoms with Crippen LogP contribution < -0.4 is 16.4 Å². The van der Waals surface area contributed by atoms with Crippen LogP contribution in [0.15, 0.2) is 34.0 Å². The molecule has 2 aromatic heterocycles. The third kappa shape index (κ3) is 2.34. The molecule has 1 aromatic carbocycles. The number of rotatable bonds is 2. The molecule has 0 unspecified atom stereocenters. The number of primary sulfonamides is 1. The largest absolute Gasteiger partial charge is 0.369 e. The highest BCUT2D eigenvalue weighted by atomic mass is 32.2. The maximum absolute atomic E-state index is 11.6. The third-order valence-corrected chi connectivity index (χ3v) is 3.60. The Balaban J connectivity index is 2.13. The first-order chi connectivity index (χ1) is 9.84. The molecule has 108 valence electrons. The lowest BCUT2D eigenvalue weighted by Crippen LogP contribution is -2.12. The van der Waals surface area contributed by atoms with Gasteiger partial charge in [0.1, 0.15) is 0 Å². The van der Waals surface area contributed by atoms with Crippen molar-refractivity contribution in [2.24, 2.45) is 5.14 Å². The van der Waals surface area contributed by atoms with E-state index in [1.807, 2.05) is 0 Å². The zero-order valence-electron chi connectivity index (χ0n) is 10.4. The topological polar surface area (TPSA) is 163 Å². The van der Waals surface area contributed by atoms with Crippen molar-refractivity contribution in [2.75, 3.05) is 5.73 Å². The summed E-state index contributed by atoms with van der Waals surface area (Å²) in [5.41, 5.74) is 5.47. The van der Waals surface area contributed by atoms with Crippen molar-refractivity contribution in [1.82, 2.24) is 25.0 Å². The number of sulfonamides is 1. The number of fused-ring (bicyclic) bond motifs is 1. The van der Waals surface area contributed by atoms with E-state index in [0.29, 0.717) is 5.69 Å². The lowest BCUT2D eigenvalue weighted by molar-refractivity contribution is 0.597. The van der Waals surface area contributed by atoms with Crippen LogP contribution in [0.25, 0.3) is 16.9 Å². The molecule has 0 aliphatic rings. The fourth-order valence-electron chi connectivity index (χ4n) is 1.72. The number of benzene rings is 1. The van der Waals surface area contributed by atoms with Gasteiger partial charge in [-0.05, 0) is 24.3 Å². The van der Waals surface area contributed by atoms with Gasteiger partial charge in [0.25, 0.3) is 5.56 Å². The maximum atomic E-state index is 11.6. The second-order valence-electron chi connectivity index (χ2n) is 4.15. The van der Waals surface area contributed by atoms with E-state index in [0.717, 1.165) is 4.80 Å². The first-order valence-electron chi connectivity index (χ1n) is 5.61. The molecular formula is C10H9N7O3S. The van der Waals surface area contributed by atoms with Crippen molar-refractivity contribution in [2.45, 2.75) is 4.90 Å². The fourth-order valence-corrected chi connectivity index (χ4v) is 2.24. The van der Waals surface area contributed by atoms with Crippen LogP contribution in [0.3, 0.4) is 0 Å². The van der Waals surface area contributed by atoms with Crippen molar-refractivity contribution in [3.63, 3.8) is 0 Å². The van der Waals surface area contributed by atoms with Crippen LogP contribution in [-0.4, -0.2) is 33.4 Å². The molecule has 0 aliphatic heterocycles. The van der Waals surface area contributed by atoms with E-state index in [-0.39, 0.29) is 22.0 Å². The molecule has 21 heavy (non-hydrogen) atoms. The number of nitrogens with one attached hydrogen (secondary N) is 1. The summed E-state index contributed by atoms with van der Waals surface area (Å²) < 4.78 is 22.3. The zero-order valence-corrected chi connectivity index (χ0v) is 11.2. The van der Waals surface area contributed by atoms with Gasteiger partial charge in [0.15, 0.2) is 5.52 Å². The second-order valence-corrected chi connectivity index (χ2v) is 5.71. The molecule has 0 radical (unpaired) electrons. The molecule has 0 amide bonds. The van der Waals surface area contributed by atoms with Gasteiger partial charge in [-0.1, -0.05) is 0 Å². The number of nitrogens with two attached hydrogens (primary N) is 2. The molecule has 0 saturated heterocycles.